The lowest BCUT2D eigenvalue weighted by Gasteiger charge is -2.23. The molecule has 0 bridgehead atoms. The lowest BCUT2D eigenvalue weighted by Crippen LogP contribution is -2.48. The number of nitrogens with one attached hydrogen (secondary N) is 2. The molecule has 0 saturated heterocycles. The highest BCUT2D eigenvalue weighted by molar-refractivity contribution is 7.09. The maximum Gasteiger partial charge on any atom is 0.434 e. The maximum absolute atomic E-state index is 12.4. The summed E-state index contributed by atoms with van der Waals surface area (Å²) >= 11 is 1.02. The molecule has 0 aliphatic heterocycles. The molecule has 0 saturated carbocycles. The van der Waals surface area contributed by atoms with Gasteiger partial charge in [-0.3, -0.25) is 4.99 Å². The normalized spacial score (nSPS) is 13.4. The minimum absolute atomic E-state index is 0.132. The fourth-order valence-corrected chi connectivity index (χ4v) is 2.18. The van der Waals surface area contributed by atoms with Crippen LogP contribution in [0.5, 0.6) is 0 Å². The zero-order valence-corrected chi connectivity index (χ0v) is 12.7. The standard InChI is InChI=1S/C12H19F3N4S/c1-11(2,3)19-10(16-4)17-6-5-9-18-8(7-20-9)12(13,14)15/h7H,5-6H2,1-4H3,(H2,16,17,19). The molecule has 0 fully saturated rings. The Kier molecular flexibility index (Phi) is 5.38. The first-order valence-electron chi connectivity index (χ1n) is 6.12. The molecule has 20 heavy (non-hydrogen) atoms. The van der Waals surface area contributed by atoms with Crippen LogP contribution in [0.3, 0.4) is 0 Å². The van der Waals surface area contributed by atoms with E-state index in [1.165, 1.54) is 0 Å². The number of aliphatic imine (C=N–C) groups is 1. The van der Waals surface area contributed by atoms with Crippen molar-refractivity contribution >= 4 is 17.3 Å². The smallest absolute Gasteiger partial charge is 0.356 e. The van der Waals surface area contributed by atoms with Crippen LogP contribution in [-0.2, 0) is 12.6 Å². The third kappa shape index (κ3) is 5.77. The summed E-state index contributed by atoms with van der Waals surface area (Å²) in [7, 11) is 1.65. The van der Waals surface area contributed by atoms with E-state index in [0.717, 1.165) is 16.7 Å². The molecular weight excluding hydrogens is 289 g/mol. The first kappa shape index (κ1) is 16.7. The molecular formula is C12H19F3N4S. The van der Waals surface area contributed by atoms with Gasteiger partial charge in [0.25, 0.3) is 0 Å². The second-order valence-electron chi connectivity index (χ2n) is 5.25. The van der Waals surface area contributed by atoms with E-state index >= 15 is 0 Å². The molecule has 0 spiro atoms. The van der Waals surface area contributed by atoms with Crippen molar-refractivity contribution in [3.8, 4) is 0 Å². The van der Waals surface area contributed by atoms with Gasteiger partial charge in [-0.05, 0) is 20.8 Å². The molecule has 0 radical (unpaired) electrons. The van der Waals surface area contributed by atoms with E-state index in [9.17, 15) is 13.2 Å². The van der Waals surface area contributed by atoms with Gasteiger partial charge in [0.15, 0.2) is 11.7 Å². The van der Waals surface area contributed by atoms with Crippen molar-refractivity contribution in [2.75, 3.05) is 13.6 Å². The zero-order chi connectivity index (χ0) is 15.4. The van der Waals surface area contributed by atoms with E-state index in [1.807, 2.05) is 20.8 Å². The third-order valence-electron chi connectivity index (χ3n) is 2.19. The fraction of sp³-hybridized carbons (Fsp3) is 0.667. The van der Waals surface area contributed by atoms with Crippen LogP contribution in [0.25, 0.3) is 0 Å². The molecule has 0 aliphatic rings. The summed E-state index contributed by atoms with van der Waals surface area (Å²) in [5.41, 5.74) is -0.957. The number of aromatic nitrogens is 1. The molecule has 4 nitrogen and oxygen atoms in total. The molecule has 0 atom stereocenters. The summed E-state index contributed by atoms with van der Waals surface area (Å²) < 4.78 is 37.2. The Morgan fingerprint density at radius 2 is 2.00 bits per heavy atom. The van der Waals surface area contributed by atoms with E-state index in [2.05, 4.69) is 20.6 Å². The molecule has 114 valence electrons. The van der Waals surface area contributed by atoms with Gasteiger partial charge in [0.2, 0.25) is 0 Å². The summed E-state index contributed by atoms with van der Waals surface area (Å²) in [6.45, 7) is 6.46. The van der Waals surface area contributed by atoms with E-state index in [4.69, 9.17) is 0 Å². The number of nitrogens with zero attached hydrogens (tertiary/aromatic N) is 2. The van der Waals surface area contributed by atoms with E-state index in [1.54, 1.807) is 7.05 Å². The van der Waals surface area contributed by atoms with Gasteiger partial charge in [-0.1, -0.05) is 0 Å². The second kappa shape index (κ2) is 6.43. The lowest BCUT2D eigenvalue weighted by atomic mass is 10.1. The summed E-state index contributed by atoms with van der Waals surface area (Å²) in [6, 6.07) is 0. The Hall–Kier alpha value is -1.31. The van der Waals surface area contributed by atoms with Gasteiger partial charge < -0.3 is 10.6 Å². The zero-order valence-electron chi connectivity index (χ0n) is 11.9. The number of alkyl halides is 3. The minimum atomic E-state index is -4.37. The molecule has 0 unspecified atom stereocenters. The van der Waals surface area contributed by atoms with Crippen molar-refractivity contribution < 1.29 is 13.2 Å². The predicted octanol–water partition coefficient (Wildman–Crippen LogP) is 2.67. The number of halogens is 3. The lowest BCUT2D eigenvalue weighted by molar-refractivity contribution is -0.140. The highest BCUT2D eigenvalue weighted by Gasteiger charge is 2.33. The average molecular weight is 308 g/mol. The second-order valence-corrected chi connectivity index (χ2v) is 6.19. The van der Waals surface area contributed by atoms with Gasteiger partial charge >= 0.3 is 6.18 Å². The molecule has 8 heteroatoms. The van der Waals surface area contributed by atoms with Crippen LogP contribution < -0.4 is 10.6 Å². The monoisotopic (exact) mass is 308 g/mol. The summed E-state index contributed by atoms with van der Waals surface area (Å²) in [5, 5.41) is 7.70. The van der Waals surface area contributed by atoms with Crippen molar-refractivity contribution in [3.63, 3.8) is 0 Å². The number of guanidine groups is 1. The Morgan fingerprint density at radius 3 is 2.45 bits per heavy atom. The average Bonchev–Trinajstić information content (AvgIpc) is 2.74. The largest absolute Gasteiger partial charge is 0.434 e. The van der Waals surface area contributed by atoms with Gasteiger partial charge in [0.05, 0.1) is 5.01 Å². The fourth-order valence-electron chi connectivity index (χ4n) is 1.38. The van der Waals surface area contributed by atoms with E-state index < -0.39 is 11.9 Å². The highest BCUT2D eigenvalue weighted by Crippen LogP contribution is 2.29. The first-order valence-corrected chi connectivity index (χ1v) is 7.00. The SMILES string of the molecule is CN=C(NCCc1nc(C(F)(F)F)cs1)NC(C)(C)C. The number of thiazole rings is 1. The summed E-state index contributed by atoms with van der Waals surface area (Å²) in [5.74, 6) is 0.616. The predicted molar refractivity (Wildman–Crippen MR) is 75.1 cm³/mol. The molecule has 2 N–H and O–H groups in total. The topological polar surface area (TPSA) is 49.3 Å². The van der Waals surface area contributed by atoms with Gasteiger partial charge in [0.1, 0.15) is 0 Å². The molecule has 1 aromatic heterocycles. The number of rotatable bonds is 3. The summed E-state index contributed by atoms with van der Waals surface area (Å²) in [4.78, 5) is 7.62. The number of hydrogen-bond donors (Lipinski definition) is 2. The Labute approximate surface area is 120 Å². The van der Waals surface area contributed by atoms with E-state index in [-0.39, 0.29) is 5.54 Å². The van der Waals surface area contributed by atoms with Crippen LogP contribution in [-0.4, -0.2) is 30.1 Å². The van der Waals surface area contributed by atoms with Crippen LogP contribution >= 0.6 is 11.3 Å². The molecule has 1 rings (SSSR count). The van der Waals surface area contributed by atoms with Crippen molar-refractivity contribution in [1.82, 2.24) is 15.6 Å². The summed E-state index contributed by atoms with van der Waals surface area (Å²) in [6.07, 6.45) is -3.95. The van der Waals surface area contributed by atoms with Gasteiger partial charge in [-0.2, -0.15) is 13.2 Å². The van der Waals surface area contributed by atoms with Crippen molar-refractivity contribution in [2.45, 2.75) is 38.9 Å². The van der Waals surface area contributed by atoms with Gasteiger partial charge in [-0.25, -0.2) is 4.98 Å². The maximum atomic E-state index is 12.4. The Morgan fingerprint density at radius 1 is 1.35 bits per heavy atom. The quantitative estimate of drug-likeness (QED) is 0.667. The van der Waals surface area contributed by atoms with Crippen LogP contribution in [0.1, 0.15) is 31.5 Å². The van der Waals surface area contributed by atoms with Crippen molar-refractivity contribution in [1.29, 1.82) is 0 Å². The van der Waals surface area contributed by atoms with Crippen LogP contribution in [0.15, 0.2) is 10.4 Å². The van der Waals surface area contributed by atoms with Crippen LogP contribution in [0.2, 0.25) is 0 Å². The van der Waals surface area contributed by atoms with Gasteiger partial charge in [-0.15, -0.1) is 11.3 Å². The Balaban J connectivity index is 2.46. The Bertz CT molecular complexity index is 460. The number of hydrogen-bond acceptors (Lipinski definition) is 3. The molecule has 1 heterocycles. The van der Waals surface area contributed by atoms with Gasteiger partial charge in [0, 0.05) is 30.9 Å². The molecule has 0 aromatic carbocycles. The van der Waals surface area contributed by atoms with Crippen LogP contribution in [0, 0.1) is 0 Å². The van der Waals surface area contributed by atoms with E-state index in [0.29, 0.717) is 23.9 Å². The van der Waals surface area contributed by atoms with Crippen LogP contribution in [0.4, 0.5) is 13.2 Å². The first-order chi connectivity index (χ1) is 9.12. The molecule has 0 amide bonds. The third-order valence-corrected chi connectivity index (χ3v) is 3.10. The molecule has 0 aliphatic carbocycles. The van der Waals surface area contributed by atoms with Crippen molar-refractivity contribution in [2.24, 2.45) is 4.99 Å². The highest BCUT2D eigenvalue weighted by atomic mass is 32.1. The molecule has 1 aromatic rings. The minimum Gasteiger partial charge on any atom is -0.356 e. The van der Waals surface area contributed by atoms with Crippen molar-refractivity contribution in [3.05, 3.63) is 16.1 Å².